The fraction of sp³-hybridized carbons (Fsp3) is 0.308. The first kappa shape index (κ1) is 23.6. The number of pyridine rings is 1. The predicted molar refractivity (Wildman–Crippen MR) is 123 cm³/mol. The van der Waals surface area contributed by atoms with Gasteiger partial charge >= 0.3 is 6.18 Å². The molecule has 1 aromatic carbocycles. The van der Waals surface area contributed by atoms with E-state index in [2.05, 4.69) is 33.3 Å². The molecular weight excluding hydrogens is 441 g/mol. The first-order chi connectivity index (χ1) is 16.3. The van der Waals surface area contributed by atoms with Crippen molar-refractivity contribution in [1.29, 1.82) is 0 Å². The van der Waals surface area contributed by atoms with Crippen LogP contribution in [0.2, 0.25) is 0 Å². The van der Waals surface area contributed by atoms with Gasteiger partial charge < -0.3 is 5.32 Å². The fourth-order valence-electron chi connectivity index (χ4n) is 4.19. The van der Waals surface area contributed by atoms with E-state index in [1.807, 2.05) is 18.2 Å². The molecule has 1 aliphatic carbocycles. The minimum atomic E-state index is -4.38. The van der Waals surface area contributed by atoms with Crippen LogP contribution in [0, 0.1) is 0 Å². The van der Waals surface area contributed by atoms with Crippen molar-refractivity contribution in [3.05, 3.63) is 94.8 Å². The molecule has 1 N–H and O–H groups in total. The Morgan fingerprint density at radius 2 is 1.85 bits per heavy atom. The highest BCUT2D eigenvalue weighted by Crippen LogP contribution is 2.32. The van der Waals surface area contributed by atoms with Gasteiger partial charge in [-0.05, 0) is 61.4 Å². The number of carbonyl (C=O) groups excluding carboxylic acids is 1. The van der Waals surface area contributed by atoms with Crippen LogP contribution in [0.15, 0.2) is 66.8 Å². The number of hydrogen-bond acceptors (Lipinski definition) is 4. The minimum Gasteiger partial charge on any atom is -0.348 e. The van der Waals surface area contributed by atoms with Crippen LogP contribution >= 0.6 is 0 Å². The van der Waals surface area contributed by atoms with Crippen molar-refractivity contribution < 1.29 is 18.0 Å². The molecule has 4 rings (SSSR count). The van der Waals surface area contributed by atoms with Gasteiger partial charge in [0.05, 0.1) is 11.8 Å². The van der Waals surface area contributed by atoms with E-state index in [4.69, 9.17) is 0 Å². The molecule has 176 valence electrons. The number of carbonyl (C=O) groups is 1. The van der Waals surface area contributed by atoms with Crippen molar-refractivity contribution in [1.82, 2.24) is 20.3 Å². The fourth-order valence-corrected chi connectivity index (χ4v) is 4.19. The quantitative estimate of drug-likeness (QED) is 0.529. The van der Waals surface area contributed by atoms with E-state index in [0.717, 1.165) is 49.1 Å². The van der Waals surface area contributed by atoms with Gasteiger partial charge in [0.1, 0.15) is 5.69 Å². The molecule has 1 saturated carbocycles. The normalized spacial score (nSPS) is 16.2. The largest absolute Gasteiger partial charge is 0.417 e. The van der Waals surface area contributed by atoms with Crippen LogP contribution in [-0.4, -0.2) is 26.9 Å². The highest BCUT2D eigenvalue weighted by molar-refractivity contribution is 5.92. The molecule has 1 aliphatic rings. The Balaban J connectivity index is 1.38. The number of aromatic nitrogens is 3. The van der Waals surface area contributed by atoms with E-state index < -0.39 is 11.7 Å². The number of hydrogen-bond donors (Lipinski definition) is 1. The van der Waals surface area contributed by atoms with E-state index in [0.29, 0.717) is 17.8 Å². The number of benzene rings is 1. The number of allylic oxidation sites excluding steroid dienone is 2. The molecule has 0 saturated heterocycles. The number of rotatable bonds is 5. The van der Waals surface area contributed by atoms with Crippen LogP contribution in [0.5, 0.6) is 0 Å². The van der Waals surface area contributed by atoms with Crippen molar-refractivity contribution in [2.75, 3.05) is 0 Å². The summed E-state index contributed by atoms with van der Waals surface area (Å²) in [5.74, 6) is -0.202. The molecule has 1 amide bonds. The SMILES string of the molecule is CC(=C1CCC(NC(=O)c2cnccn2)CC1)c1cccc(Cc2ccc(C(F)(F)F)cn2)c1. The number of amides is 1. The Bertz CT molecular complexity index is 1160. The van der Waals surface area contributed by atoms with Gasteiger partial charge in [-0.15, -0.1) is 0 Å². The van der Waals surface area contributed by atoms with Crippen molar-refractivity contribution in [3.8, 4) is 0 Å². The zero-order chi connectivity index (χ0) is 24.1. The van der Waals surface area contributed by atoms with Crippen LogP contribution in [0.3, 0.4) is 0 Å². The molecule has 2 heterocycles. The number of alkyl halides is 3. The third kappa shape index (κ3) is 5.87. The summed E-state index contributed by atoms with van der Waals surface area (Å²) in [6.07, 6.45) is 4.95. The summed E-state index contributed by atoms with van der Waals surface area (Å²) in [5, 5.41) is 3.04. The van der Waals surface area contributed by atoms with Crippen molar-refractivity contribution in [2.45, 2.75) is 51.2 Å². The van der Waals surface area contributed by atoms with Crippen LogP contribution in [-0.2, 0) is 12.6 Å². The molecule has 0 radical (unpaired) electrons. The van der Waals surface area contributed by atoms with Gasteiger partial charge in [0, 0.05) is 36.7 Å². The maximum Gasteiger partial charge on any atom is 0.417 e. The predicted octanol–water partition coefficient (Wildman–Crippen LogP) is 5.63. The molecule has 3 aromatic rings. The molecule has 0 atom stereocenters. The van der Waals surface area contributed by atoms with E-state index >= 15 is 0 Å². The second-order valence-corrected chi connectivity index (χ2v) is 8.48. The summed E-state index contributed by atoms with van der Waals surface area (Å²) in [6, 6.07) is 10.6. The van der Waals surface area contributed by atoms with E-state index in [1.165, 1.54) is 35.8 Å². The van der Waals surface area contributed by atoms with Crippen LogP contribution in [0.1, 0.15) is 65.5 Å². The molecule has 8 heteroatoms. The van der Waals surface area contributed by atoms with E-state index in [-0.39, 0.29) is 11.9 Å². The van der Waals surface area contributed by atoms with Gasteiger partial charge in [-0.3, -0.25) is 14.8 Å². The summed E-state index contributed by atoms with van der Waals surface area (Å²) in [5.41, 5.74) is 4.83. The Kier molecular flexibility index (Phi) is 7.05. The number of halogens is 3. The van der Waals surface area contributed by atoms with Gasteiger partial charge in [0.2, 0.25) is 0 Å². The molecule has 0 unspecified atom stereocenters. The average Bonchev–Trinajstić information content (AvgIpc) is 2.84. The maximum atomic E-state index is 12.8. The Morgan fingerprint density at radius 3 is 2.50 bits per heavy atom. The maximum absolute atomic E-state index is 12.8. The smallest absolute Gasteiger partial charge is 0.348 e. The summed E-state index contributed by atoms with van der Waals surface area (Å²) in [4.78, 5) is 24.3. The van der Waals surface area contributed by atoms with Crippen molar-refractivity contribution in [2.24, 2.45) is 0 Å². The average molecular weight is 467 g/mol. The highest BCUT2D eigenvalue weighted by Gasteiger charge is 2.30. The van der Waals surface area contributed by atoms with Gasteiger partial charge in [-0.1, -0.05) is 29.8 Å². The number of nitrogens with zero attached hydrogens (tertiary/aromatic N) is 3. The Morgan fingerprint density at radius 1 is 1.06 bits per heavy atom. The summed E-state index contributed by atoms with van der Waals surface area (Å²) < 4.78 is 38.3. The second-order valence-electron chi connectivity index (χ2n) is 8.48. The van der Waals surface area contributed by atoms with Crippen molar-refractivity contribution in [3.63, 3.8) is 0 Å². The minimum absolute atomic E-state index is 0.100. The highest BCUT2D eigenvalue weighted by atomic mass is 19.4. The van der Waals surface area contributed by atoms with Gasteiger partial charge in [0.25, 0.3) is 5.91 Å². The molecule has 2 aromatic heterocycles. The molecule has 0 bridgehead atoms. The lowest BCUT2D eigenvalue weighted by Crippen LogP contribution is -2.37. The standard InChI is InChI=1S/C26H25F3N4O/c1-17(19-5-8-22(9-6-19)33-25(34)24-16-30-11-12-31-24)20-4-2-3-18(13-20)14-23-10-7-21(15-32-23)26(27,28)29/h2-4,7,10-13,15-16,22H,5-6,8-9,14H2,1H3,(H,33,34). The third-order valence-corrected chi connectivity index (χ3v) is 6.15. The van der Waals surface area contributed by atoms with Crippen LogP contribution in [0.4, 0.5) is 13.2 Å². The van der Waals surface area contributed by atoms with E-state index in [9.17, 15) is 18.0 Å². The van der Waals surface area contributed by atoms with Gasteiger partial charge in [0.15, 0.2) is 0 Å². The zero-order valence-electron chi connectivity index (χ0n) is 18.8. The van der Waals surface area contributed by atoms with Crippen molar-refractivity contribution >= 4 is 11.5 Å². The summed E-state index contributed by atoms with van der Waals surface area (Å²) in [6.45, 7) is 2.10. The molecule has 34 heavy (non-hydrogen) atoms. The van der Waals surface area contributed by atoms with Gasteiger partial charge in [-0.2, -0.15) is 13.2 Å². The molecule has 0 spiro atoms. The molecule has 5 nitrogen and oxygen atoms in total. The van der Waals surface area contributed by atoms with Crippen LogP contribution in [0.25, 0.3) is 5.57 Å². The first-order valence-electron chi connectivity index (χ1n) is 11.2. The molecule has 0 aliphatic heterocycles. The monoisotopic (exact) mass is 466 g/mol. The second kappa shape index (κ2) is 10.2. The van der Waals surface area contributed by atoms with Crippen LogP contribution < -0.4 is 5.32 Å². The Labute approximate surface area is 196 Å². The number of nitrogens with one attached hydrogen (secondary N) is 1. The lowest BCUT2D eigenvalue weighted by atomic mass is 9.86. The summed E-state index contributed by atoms with van der Waals surface area (Å²) >= 11 is 0. The van der Waals surface area contributed by atoms with Gasteiger partial charge in [-0.25, -0.2) is 4.98 Å². The Hall–Kier alpha value is -3.55. The lowest BCUT2D eigenvalue weighted by molar-refractivity contribution is -0.137. The zero-order valence-corrected chi connectivity index (χ0v) is 18.8. The first-order valence-corrected chi connectivity index (χ1v) is 11.2. The molecular formula is C26H25F3N4O. The molecule has 1 fully saturated rings. The topological polar surface area (TPSA) is 67.8 Å². The van der Waals surface area contributed by atoms with E-state index in [1.54, 1.807) is 0 Å². The third-order valence-electron chi connectivity index (χ3n) is 6.15. The summed E-state index contributed by atoms with van der Waals surface area (Å²) in [7, 11) is 0. The lowest BCUT2D eigenvalue weighted by Gasteiger charge is -2.26.